The SMILES string of the molecule is CCCNCc1cc(S(=O)(=O)N(C)CCOCC)c(C)s1. The van der Waals surface area contributed by atoms with Gasteiger partial charge in [0.25, 0.3) is 0 Å². The van der Waals surface area contributed by atoms with Gasteiger partial charge in [-0.25, -0.2) is 8.42 Å². The number of rotatable bonds is 10. The van der Waals surface area contributed by atoms with Gasteiger partial charge in [0.2, 0.25) is 10.0 Å². The molecule has 122 valence electrons. The van der Waals surface area contributed by atoms with E-state index in [9.17, 15) is 8.42 Å². The number of thiophene rings is 1. The van der Waals surface area contributed by atoms with Crippen LogP contribution in [0.1, 0.15) is 30.0 Å². The van der Waals surface area contributed by atoms with Crippen LogP contribution < -0.4 is 5.32 Å². The van der Waals surface area contributed by atoms with Crippen molar-refractivity contribution in [1.82, 2.24) is 9.62 Å². The molecule has 5 nitrogen and oxygen atoms in total. The molecule has 0 bridgehead atoms. The average Bonchev–Trinajstić information content (AvgIpc) is 2.81. The predicted molar refractivity (Wildman–Crippen MR) is 87.4 cm³/mol. The van der Waals surface area contributed by atoms with E-state index in [0.717, 1.165) is 29.3 Å². The van der Waals surface area contributed by atoms with Gasteiger partial charge in [-0.3, -0.25) is 0 Å². The number of sulfonamides is 1. The van der Waals surface area contributed by atoms with Crippen LogP contribution in [0.15, 0.2) is 11.0 Å². The van der Waals surface area contributed by atoms with Crippen molar-refractivity contribution in [1.29, 1.82) is 0 Å². The molecular formula is C14H26N2O3S2. The summed E-state index contributed by atoms with van der Waals surface area (Å²) in [4.78, 5) is 2.31. The summed E-state index contributed by atoms with van der Waals surface area (Å²) < 4.78 is 31.7. The summed E-state index contributed by atoms with van der Waals surface area (Å²) in [5.74, 6) is 0. The highest BCUT2D eigenvalue weighted by atomic mass is 32.2. The fourth-order valence-electron chi connectivity index (χ4n) is 1.88. The van der Waals surface area contributed by atoms with Crippen LogP contribution in [0.4, 0.5) is 0 Å². The van der Waals surface area contributed by atoms with Crippen molar-refractivity contribution in [2.45, 2.75) is 38.6 Å². The second-order valence-corrected chi connectivity index (χ2v) is 8.19. The summed E-state index contributed by atoms with van der Waals surface area (Å²) >= 11 is 1.54. The van der Waals surface area contributed by atoms with Gasteiger partial charge in [0.05, 0.1) is 11.5 Å². The number of hydrogen-bond acceptors (Lipinski definition) is 5. The van der Waals surface area contributed by atoms with Crippen molar-refractivity contribution in [2.75, 3.05) is 33.4 Å². The Balaban J connectivity index is 2.78. The van der Waals surface area contributed by atoms with Crippen molar-refractivity contribution in [3.8, 4) is 0 Å². The number of likely N-dealkylation sites (N-methyl/N-ethyl adjacent to an activating group) is 1. The smallest absolute Gasteiger partial charge is 0.244 e. The number of nitrogens with zero attached hydrogens (tertiary/aromatic N) is 1. The first-order valence-electron chi connectivity index (χ1n) is 7.27. The third-order valence-electron chi connectivity index (χ3n) is 3.09. The van der Waals surface area contributed by atoms with E-state index in [0.29, 0.717) is 24.7 Å². The lowest BCUT2D eigenvalue weighted by molar-refractivity contribution is 0.138. The van der Waals surface area contributed by atoms with Gasteiger partial charge in [-0.2, -0.15) is 4.31 Å². The van der Waals surface area contributed by atoms with Crippen molar-refractivity contribution < 1.29 is 13.2 Å². The number of nitrogens with one attached hydrogen (secondary N) is 1. The molecule has 1 N–H and O–H groups in total. The standard InChI is InChI=1S/C14H26N2O3S2/c1-5-7-15-11-13-10-14(12(3)20-13)21(17,18)16(4)8-9-19-6-2/h10,15H,5-9,11H2,1-4H3. The van der Waals surface area contributed by atoms with E-state index in [2.05, 4.69) is 12.2 Å². The molecule has 0 amide bonds. The minimum absolute atomic E-state index is 0.370. The molecule has 0 unspecified atom stereocenters. The van der Waals surface area contributed by atoms with Gasteiger partial charge in [0.15, 0.2) is 0 Å². The maximum atomic E-state index is 12.5. The Kier molecular flexibility index (Phi) is 7.83. The van der Waals surface area contributed by atoms with E-state index >= 15 is 0 Å². The van der Waals surface area contributed by atoms with E-state index in [1.807, 2.05) is 13.8 Å². The zero-order valence-corrected chi connectivity index (χ0v) is 14.9. The average molecular weight is 335 g/mol. The van der Waals surface area contributed by atoms with Crippen LogP contribution in [-0.4, -0.2) is 46.1 Å². The van der Waals surface area contributed by atoms with Crippen molar-refractivity contribution in [3.05, 3.63) is 15.8 Å². The van der Waals surface area contributed by atoms with Crippen LogP contribution in [0.5, 0.6) is 0 Å². The Morgan fingerprint density at radius 1 is 1.38 bits per heavy atom. The van der Waals surface area contributed by atoms with Crippen molar-refractivity contribution >= 4 is 21.4 Å². The molecule has 0 aliphatic rings. The highest BCUT2D eigenvalue weighted by Crippen LogP contribution is 2.27. The van der Waals surface area contributed by atoms with Gasteiger partial charge in [-0.05, 0) is 32.9 Å². The summed E-state index contributed by atoms with van der Waals surface area (Å²) in [5, 5.41) is 3.30. The van der Waals surface area contributed by atoms with E-state index in [1.54, 1.807) is 13.1 Å². The molecule has 0 saturated heterocycles. The highest BCUT2D eigenvalue weighted by molar-refractivity contribution is 7.89. The maximum Gasteiger partial charge on any atom is 0.244 e. The van der Waals surface area contributed by atoms with Crippen molar-refractivity contribution in [2.24, 2.45) is 0 Å². The topological polar surface area (TPSA) is 58.6 Å². The molecule has 0 radical (unpaired) electrons. The van der Waals surface area contributed by atoms with Gasteiger partial charge in [-0.15, -0.1) is 11.3 Å². The Bertz CT molecular complexity index is 526. The molecule has 1 aromatic heterocycles. The largest absolute Gasteiger partial charge is 0.380 e. The molecule has 1 aromatic rings. The van der Waals surface area contributed by atoms with Gasteiger partial charge < -0.3 is 10.1 Å². The fraction of sp³-hybridized carbons (Fsp3) is 0.714. The highest BCUT2D eigenvalue weighted by Gasteiger charge is 2.24. The molecule has 0 fully saturated rings. The Hall–Kier alpha value is -0.470. The molecular weight excluding hydrogens is 308 g/mol. The third kappa shape index (κ3) is 5.34. The van der Waals surface area contributed by atoms with E-state index in [1.165, 1.54) is 15.6 Å². The van der Waals surface area contributed by atoms with Crippen LogP contribution >= 0.6 is 11.3 Å². The normalized spacial score (nSPS) is 12.2. The van der Waals surface area contributed by atoms with Gasteiger partial charge in [-0.1, -0.05) is 6.92 Å². The minimum Gasteiger partial charge on any atom is -0.380 e. The second kappa shape index (κ2) is 8.85. The fourth-order valence-corrected chi connectivity index (χ4v) is 4.61. The molecule has 0 aliphatic carbocycles. The van der Waals surface area contributed by atoms with Gasteiger partial charge >= 0.3 is 0 Å². The number of ether oxygens (including phenoxy) is 1. The van der Waals surface area contributed by atoms with E-state index in [-0.39, 0.29) is 0 Å². The number of hydrogen-bond donors (Lipinski definition) is 1. The first-order valence-corrected chi connectivity index (χ1v) is 9.53. The van der Waals surface area contributed by atoms with E-state index < -0.39 is 10.0 Å². The first kappa shape index (κ1) is 18.6. The van der Waals surface area contributed by atoms with Crippen LogP contribution in [0, 0.1) is 6.92 Å². The Labute approximate surface area is 132 Å². The summed E-state index contributed by atoms with van der Waals surface area (Å²) in [5.41, 5.74) is 0. The molecule has 0 saturated carbocycles. The van der Waals surface area contributed by atoms with Gasteiger partial charge in [0.1, 0.15) is 0 Å². The lowest BCUT2D eigenvalue weighted by Gasteiger charge is -2.16. The van der Waals surface area contributed by atoms with E-state index in [4.69, 9.17) is 4.74 Å². The van der Waals surface area contributed by atoms with Crippen LogP contribution in [-0.2, 0) is 21.3 Å². The first-order chi connectivity index (χ1) is 9.93. The summed E-state index contributed by atoms with van der Waals surface area (Å²) in [7, 11) is -1.83. The lowest BCUT2D eigenvalue weighted by Crippen LogP contribution is -2.30. The quantitative estimate of drug-likeness (QED) is 0.667. The second-order valence-electron chi connectivity index (χ2n) is 4.83. The molecule has 0 aromatic carbocycles. The minimum atomic E-state index is -3.42. The molecule has 0 spiro atoms. The van der Waals surface area contributed by atoms with Crippen LogP contribution in [0.3, 0.4) is 0 Å². The summed E-state index contributed by atoms with van der Waals surface area (Å²) in [6.07, 6.45) is 1.07. The molecule has 1 heterocycles. The van der Waals surface area contributed by atoms with Crippen LogP contribution in [0.2, 0.25) is 0 Å². The van der Waals surface area contributed by atoms with Crippen LogP contribution in [0.25, 0.3) is 0 Å². The maximum absolute atomic E-state index is 12.5. The molecule has 1 rings (SSSR count). The predicted octanol–water partition coefficient (Wildman–Crippen LogP) is 2.21. The Morgan fingerprint density at radius 3 is 2.71 bits per heavy atom. The van der Waals surface area contributed by atoms with Gasteiger partial charge in [0, 0.05) is 36.5 Å². The Morgan fingerprint density at radius 2 is 2.10 bits per heavy atom. The molecule has 7 heteroatoms. The zero-order valence-electron chi connectivity index (χ0n) is 13.3. The number of aryl methyl sites for hydroxylation is 1. The molecule has 0 aliphatic heterocycles. The lowest BCUT2D eigenvalue weighted by atomic mass is 10.4. The summed E-state index contributed by atoms with van der Waals surface area (Å²) in [6, 6.07) is 1.79. The monoisotopic (exact) mass is 334 g/mol. The molecule has 0 atom stereocenters. The third-order valence-corrected chi connectivity index (χ3v) is 6.25. The molecule has 21 heavy (non-hydrogen) atoms. The summed E-state index contributed by atoms with van der Waals surface area (Å²) in [6.45, 7) is 8.90. The zero-order chi connectivity index (χ0) is 15.9. The van der Waals surface area contributed by atoms with Crippen molar-refractivity contribution in [3.63, 3.8) is 0 Å².